The van der Waals surface area contributed by atoms with Gasteiger partial charge in [0.15, 0.2) is 0 Å². The second kappa shape index (κ2) is 6.07. The van der Waals surface area contributed by atoms with Crippen molar-refractivity contribution >= 4 is 0 Å². The summed E-state index contributed by atoms with van der Waals surface area (Å²) in [6, 6.07) is 11.7. The van der Waals surface area contributed by atoms with Gasteiger partial charge in [0, 0.05) is 0 Å². The first-order chi connectivity index (χ1) is 10.7. The Balaban J connectivity index is 0.000000693. The maximum atomic E-state index is 9.47. The molecule has 2 saturated carbocycles. The summed E-state index contributed by atoms with van der Waals surface area (Å²) >= 11 is 0. The molecule has 0 bridgehead atoms. The van der Waals surface area contributed by atoms with Gasteiger partial charge in [-0.15, -0.1) is 0 Å². The van der Waals surface area contributed by atoms with Crippen molar-refractivity contribution in [3.8, 4) is 6.07 Å². The minimum Gasteiger partial charge on any atom is -0.198 e. The second-order valence-electron chi connectivity index (χ2n) is 7.42. The SMILES string of the molecule is CC.CC12CCC3c4ccccc4CCC3C1CCC2C#N. The van der Waals surface area contributed by atoms with Gasteiger partial charge in [-0.1, -0.05) is 45.0 Å². The lowest BCUT2D eigenvalue weighted by atomic mass is 9.54. The highest BCUT2D eigenvalue weighted by molar-refractivity contribution is 5.35. The van der Waals surface area contributed by atoms with Gasteiger partial charge in [-0.05, 0) is 72.8 Å². The van der Waals surface area contributed by atoms with Crippen molar-refractivity contribution in [1.82, 2.24) is 0 Å². The minimum absolute atomic E-state index is 0.308. The van der Waals surface area contributed by atoms with Crippen molar-refractivity contribution in [3.63, 3.8) is 0 Å². The molecular weight excluding hydrogens is 266 g/mol. The Bertz CT molecular complexity index is 570. The van der Waals surface area contributed by atoms with Gasteiger partial charge in [0.25, 0.3) is 0 Å². The van der Waals surface area contributed by atoms with E-state index in [1.165, 1.54) is 32.1 Å². The van der Waals surface area contributed by atoms with Crippen molar-refractivity contribution in [2.75, 3.05) is 0 Å². The lowest BCUT2D eigenvalue weighted by molar-refractivity contribution is 0.0427. The van der Waals surface area contributed by atoms with Crippen molar-refractivity contribution in [2.45, 2.75) is 65.2 Å². The molecule has 3 aliphatic carbocycles. The predicted molar refractivity (Wildman–Crippen MR) is 91.5 cm³/mol. The van der Waals surface area contributed by atoms with Crippen molar-refractivity contribution in [3.05, 3.63) is 35.4 Å². The van der Waals surface area contributed by atoms with E-state index in [0.29, 0.717) is 11.3 Å². The quantitative estimate of drug-likeness (QED) is 0.601. The van der Waals surface area contributed by atoms with Crippen LogP contribution >= 0.6 is 0 Å². The Kier molecular flexibility index (Phi) is 4.31. The summed E-state index contributed by atoms with van der Waals surface area (Å²) in [4.78, 5) is 0. The zero-order valence-corrected chi connectivity index (χ0v) is 14.3. The largest absolute Gasteiger partial charge is 0.198 e. The number of nitriles is 1. The Morgan fingerprint density at radius 3 is 2.64 bits per heavy atom. The maximum absolute atomic E-state index is 9.47. The van der Waals surface area contributed by atoms with Crippen LogP contribution in [0.2, 0.25) is 0 Å². The van der Waals surface area contributed by atoms with Crippen LogP contribution in [-0.4, -0.2) is 0 Å². The van der Waals surface area contributed by atoms with Gasteiger partial charge in [0.05, 0.1) is 12.0 Å². The minimum atomic E-state index is 0.308. The van der Waals surface area contributed by atoms with Crippen LogP contribution in [0.15, 0.2) is 24.3 Å². The molecule has 1 aromatic carbocycles. The van der Waals surface area contributed by atoms with E-state index in [1.54, 1.807) is 11.1 Å². The molecule has 5 unspecified atom stereocenters. The molecule has 3 aliphatic rings. The molecule has 0 heterocycles. The van der Waals surface area contributed by atoms with Crippen LogP contribution in [0.3, 0.4) is 0 Å². The average molecular weight is 295 g/mol. The molecule has 1 nitrogen and oxygen atoms in total. The fourth-order valence-corrected chi connectivity index (χ4v) is 5.73. The molecule has 0 amide bonds. The molecule has 1 heteroatoms. The van der Waals surface area contributed by atoms with E-state index in [0.717, 1.165) is 24.2 Å². The average Bonchev–Trinajstić information content (AvgIpc) is 2.93. The molecule has 118 valence electrons. The highest BCUT2D eigenvalue weighted by atomic mass is 14.6. The zero-order valence-electron chi connectivity index (χ0n) is 14.3. The Labute approximate surface area is 135 Å². The third-order valence-corrected chi connectivity index (χ3v) is 6.79. The van der Waals surface area contributed by atoms with Gasteiger partial charge in [0.1, 0.15) is 0 Å². The Hall–Kier alpha value is -1.29. The van der Waals surface area contributed by atoms with Gasteiger partial charge in [-0.25, -0.2) is 0 Å². The topological polar surface area (TPSA) is 23.8 Å². The number of hydrogen-bond acceptors (Lipinski definition) is 1. The van der Waals surface area contributed by atoms with Crippen LogP contribution in [0.1, 0.15) is 69.9 Å². The van der Waals surface area contributed by atoms with Crippen LogP contribution in [0.4, 0.5) is 0 Å². The van der Waals surface area contributed by atoms with Gasteiger partial charge in [0.2, 0.25) is 0 Å². The molecule has 1 aromatic rings. The van der Waals surface area contributed by atoms with Crippen LogP contribution < -0.4 is 0 Å². The van der Waals surface area contributed by atoms with E-state index in [9.17, 15) is 5.26 Å². The van der Waals surface area contributed by atoms with Crippen molar-refractivity contribution in [2.24, 2.45) is 23.2 Å². The highest BCUT2D eigenvalue weighted by Crippen LogP contribution is 2.62. The smallest absolute Gasteiger partial charge is 0.0661 e. The molecule has 22 heavy (non-hydrogen) atoms. The van der Waals surface area contributed by atoms with E-state index in [-0.39, 0.29) is 0 Å². The number of nitrogens with zero attached hydrogens (tertiary/aromatic N) is 1. The van der Waals surface area contributed by atoms with Crippen LogP contribution in [-0.2, 0) is 6.42 Å². The van der Waals surface area contributed by atoms with Crippen LogP contribution in [0.5, 0.6) is 0 Å². The predicted octanol–water partition coefficient (Wildman–Crippen LogP) is 5.71. The van der Waals surface area contributed by atoms with Crippen LogP contribution in [0.25, 0.3) is 0 Å². The normalized spacial score (nSPS) is 38.6. The van der Waals surface area contributed by atoms with E-state index in [2.05, 4.69) is 37.3 Å². The Morgan fingerprint density at radius 1 is 1.09 bits per heavy atom. The Morgan fingerprint density at radius 2 is 1.86 bits per heavy atom. The summed E-state index contributed by atoms with van der Waals surface area (Å²) in [6.07, 6.45) is 7.58. The summed E-state index contributed by atoms with van der Waals surface area (Å²) in [5.41, 5.74) is 3.53. The molecule has 0 radical (unpaired) electrons. The summed E-state index contributed by atoms with van der Waals surface area (Å²) < 4.78 is 0. The van der Waals surface area contributed by atoms with Gasteiger partial charge in [-0.2, -0.15) is 5.26 Å². The van der Waals surface area contributed by atoms with Crippen molar-refractivity contribution in [1.29, 1.82) is 5.26 Å². The van der Waals surface area contributed by atoms with E-state index in [1.807, 2.05) is 13.8 Å². The summed E-state index contributed by atoms with van der Waals surface area (Å²) in [5.74, 6) is 2.71. The second-order valence-corrected chi connectivity index (χ2v) is 7.42. The molecule has 0 aromatic heterocycles. The summed E-state index contributed by atoms with van der Waals surface area (Å²) in [5, 5.41) is 9.47. The molecule has 0 aliphatic heterocycles. The number of rotatable bonds is 0. The molecule has 0 spiro atoms. The van der Waals surface area contributed by atoms with E-state index < -0.39 is 0 Å². The number of hydrogen-bond donors (Lipinski definition) is 0. The molecule has 2 fully saturated rings. The maximum Gasteiger partial charge on any atom is 0.0661 e. The molecule has 4 rings (SSSR count). The third-order valence-electron chi connectivity index (χ3n) is 6.79. The lowest BCUT2D eigenvalue weighted by Gasteiger charge is -2.50. The molecular formula is C21H29N. The van der Waals surface area contributed by atoms with Gasteiger partial charge in [-0.3, -0.25) is 0 Å². The van der Waals surface area contributed by atoms with E-state index >= 15 is 0 Å². The highest BCUT2D eigenvalue weighted by Gasteiger charge is 2.54. The van der Waals surface area contributed by atoms with Gasteiger partial charge < -0.3 is 0 Å². The zero-order chi connectivity index (χ0) is 15.7. The number of aryl methyl sites for hydroxylation is 1. The summed E-state index contributed by atoms with van der Waals surface area (Å²) in [6.45, 7) is 6.41. The summed E-state index contributed by atoms with van der Waals surface area (Å²) in [7, 11) is 0. The first-order valence-corrected chi connectivity index (χ1v) is 9.21. The van der Waals surface area contributed by atoms with E-state index in [4.69, 9.17) is 0 Å². The molecule has 5 atom stereocenters. The number of benzene rings is 1. The van der Waals surface area contributed by atoms with Crippen molar-refractivity contribution < 1.29 is 0 Å². The number of fused-ring (bicyclic) bond motifs is 5. The fourth-order valence-electron chi connectivity index (χ4n) is 5.73. The van der Waals surface area contributed by atoms with Gasteiger partial charge >= 0.3 is 0 Å². The molecule has 0 saturated heterocycles. The first kappa shape index (κ1) is 15.6. The molecule has 0 N–H and O–H groups in total. The standard InChI is InChI=1S/C19H23N.C2H6/c1-19-11-10-16-15-5-3-2-4-13(15)6-8-17(16)18(19)9-7-14(19)12-20;1-2/h2-5,14,16-18H,6-11H2,1H3;1-2H3. The monoisotopic (exact) mass is 295 g/mol. The fraction of sp³-hybridized carbons (Fsp3) is 0.667. The third kappa shape index (κ3) is 2.19. The first-order valence-electron chi connectivity index (χ1n) is 9.21. The van der Waals surface area contributed by atoms with Crippen LogP contribution in [0, 0.1) is 34.5 Å². The lowest BCUT2D eigenvalue weighted by Crippen LogP contribution is -2.42.